The van der Waals surface area contributed by atoms with Gasteiger partial charge in [-0.15, -0.1) is 0 Å². The van der Waals surface area contributed by atoms with Gasteiger partial charge in [-0.25, -0.2) is 9.48 Å². The van der Waals surface area contributed by atoms with Crippen LogP contribution in [0.4, 0.5) is 0 Å². The topological polar surface area (TPSA) is 55.1 Å². The van der Waals surface area contributed by atoms with Crippen molar-refractivity contribution < 1.29 is 9.90 Å². The highest BCUT2D eigenvalue weighted by Gasteiger charge is 2.22. The first-order valence-electron chi connectivity index (χ1n) is 6.93. The molecule has 1 aromatic heterocycles. The molecule has 0 spiro atoms. The lowest BCUT2D eigenvalue weighted by atomic mass is 10.1. The number of aromatic carboxylic acids is 1. The number of nitrogens with zero attached hydrogens (tertiary/aromatic N) is 2. The van der Waals surface area contributed by atoms with Crippen LogP contribution in [0.2, 0.25) is 5.15 Å². The van der Waals surface area contributed by atoms with Gasteiger partial charge in [-0.3, -0.25) is 0 Å². The van der Waals surface area contributed by atoms with Crippen LogP contribution in [0.3, 0.4) is 0 Å². The van der Waals surface area contributed by atoms with E-state index in [1.54, 1.807) is 4.68 Å². The Morgan fingerprint density at radius 3 is 2.62 bits per heavy atom. The Morgan fingerprint density at radius 1 is 1.38 bits per heavy atom. The molecule has 0 aliphatic rings. The number of benzene rings is 1. The molecule has 112 valence electrons. The van der Waals surface area contributed by atoms with Crippen molar-refractivity contribution in [3.8, 4) is 0 Å². The Morgan fingerprint density at radius 2 is 2.05 bits per heavy atom. The van der Waals surface area contributed by atoms with E-state index < -0.39 is 5.97 Å². The van der Waals surface area contributed by atoms with Gasteiger partial charge in [0, 0.05) is 0 Å². The highest BCUT2D eigenvalue weighted by Crippen LogP contribution is 2.24. The van der Waals surface area contributed by atoms with Gasteiger partial charge in [0.15, 0.2) is 0 Å². The number of halogens is 1. The maximum absolute atomic E-state index is 11.4. The van der Waals surface area contributed by atoms with Gasteiger partial charge in [0.25, 0.3) is 0 Å². The second-order valence-corrected chi connectivity index (χ2v) is 5.96. The van der Waals surface area contributed by atoms with Crippen LogP contribution in [0, 0.1) is 12.8 Å². The summed E-state index contributed by atoms with van der Waals surface area (Å²) < 4.78 is 1.57. The number of hydrogen-bond donors (Lipinski definition) is 1. The second kappa shape index (κ2) is 6.31. The molecule has 0 saturated carbocycles. The van der Waals surface area contributed by atoms with E-state index in [1.165, 1.54) is 0 Å². The van der Waals surface area contributed by atoms with Gasteiger partial charge >= 0.3 is 5.97 Å². The predicted octanol–water partition coefficient (Wildman–Crippen LogP) is 3.79. The fourth-order valence-electron chi connectivity index (χ4n) is 2.28. The summed E-state index contributed by atoms with van der Waals surface area (Å²) in [6.07, 6.45) is 0.599. The minimum absolute atomic E-state index is 0.124. The van der Waals surface area contributed by atoms with Crippen LogP contribution >= 0.6 is 11.6 Å². The predicted molar refractivity (Wildman–Crippen MR) is 83.0 cm³/mol. The minimum atomic E-state index is -1.02. The summed E-state index contributed by atoms with van der Waals surface area (Å²) in [5.74, 6) is -0.701. The molecule has 5 heteroatoms. The van der Waals surface area contributed by atoms with Gasteiger partial charge in [0.2, 0.25) is 0 Å². The van der Waals surface area contributed by atoms with Gasteiger partial charge in [-0.1, -0.05) is 49.7 Å². The molecule has 0 aliphatic carbocycles. The zero-order valence-corrected chi connectivity index (χ0v) is 13.2. The van der Waals surface area contributed by atoms with Gasteiger partial charge < -0.3 is 5.11 Å². The van der Waals surface area contributed by atoms with Crippen molar-refractivity contribution in [3.05, 3.63) is 51.8 Å². The third-order valence-corrected chi connectivity index (χ3v) is 3.74. The molecule has 0 bridgehead atoms. The summed E-state index contributed by atoms with van der Waals surface area (Å²) in [5, 5.41) is 14.0. The average molecular weight is 307 g/mol. The van der Waals surface area contributed by atoms with Crippen LogP contribution in [-0.4, -0.2) is 20.9 Å². The molecule has 1 N–H and O–H groups in total. The van der Waals surface area contributed by atoms with Crippen molar-refractivity contribution >= 4 is 17.6 Å². The molecule has 1 heterocycles. The molecular formula is C16H19ClN2O2. The normalized spacial score (nSPS) is 11.1. The second-order valence-electron chi connectivity index (χ2n) is 5.60. The van der Waals surface area contributed by atoms with E-state index in [2.05, 4.69) is 5.10 Å². The van der Waals surface area contributed by atoms with E-state index in [0.29, 0.717) is 24.6 Å². The third-order valence-electron chi connectivity index (χ3n) is 3.36. The molecule has 1 aromatic carbocycles. The van der Waals surface area contributed by atoms with Crippen molar-refractivity contribution in [2.45, 2.75) is 33.7 Å². The Kier molecular flexibility index (Phi) is 4.68. The Balaban J connectivity index is 2.41. The largest absolute Gasteiger partial charge is 0.478 e. The molecule has 0 amide bonds. The fourth-order valence-corrected chi connectivity index (χ4v) is 2.57. The fraction of sp³-hybridized carbons (Fsp3) is 0.375. The maximum atomic E-state index is 11.4. The summed E-state index contributed by atoms with van der Waals surface area (Å²) in [5.41, 5.74) is 2.89. The summed E-state index contributed by atoms with van der Waals surface area (Å²) in [4.78, 5) is 11.4. The van der Waals surface area contributed by atoms with Crippen molar-refractivity contribution in [1.29, 1.82) is 0 Å². The Hall–Kier alpha value is -1.81. The van der Waals surface area contributed by atoms with Crippen LogP contribution in [-0.2, 0) is 13.0 Å². The molecule has 21 heavy (non-hydrogen) atoms. The van der Waals surface area contributed by atoms with Gasteiger partial charge in [0.05, 0.1) is 12.2 Å². The average Bonchev–Trinajstić information content (AvgIpc) is 2.68. The third kappa shape index (κ3) is 3.45. The number of rotatable bonds is 5. The number of carboxylic acids is 1. The number of carbonyl (C=O) groups is 1. The van der Waals surface area contributed by atoms with Crippen LogP contribution in [0.15, 0.2) is 24.3 Å². The minimum Gasteiger partial charge on any atom is -0.478 e. The molecule has 0 unspecified atom stereocenters. The van der Waals surface area contributed by atoms with Crippen molar-refractivity contribution in [1.82, 2.24) is 9.78 Å². The Labute approximate surface area is 129 Å². The number of aryl methyl sites for hydroxylation is 1. The van der Waals surface area contributed by atoms with Crippen LogP contribution in [0.1, 0.15) is 41.0 Å². The zero-order valence-electron chi connectivity index (χ0n) is 12.4. The highest BCUT2D eigenvalue weighted by molar-refractivity contribution is 6.32. The molecule has 2 aromatic rings. The first-order valence-corrected chi connectivity index (χ1v) is 7.31. The lowest BCUT2D eigenvalue weighted by Crippen LogP contribution is -2.04. The van der Waals surface area contributed by atoms with E-state index >= 15 is 0 Å². The summed E-state index contributed by atoms with van der Waals surface area (Å²) >= 11 is 6.23. The highest BCUT2D eigenvalue weighted by atomic mass is 35.5. The van der Waals surface area contributed by atoms with Crippen molar-refractivity contribution in [2.75, 3.05) is 0 Å². The summed E-state index contributed by atoms with van der Waals surface area (Å²) in [6.45, 7) is 6.55. The quantitative estimate of drug-likeness (QED) is 0.914. The Bertz CT molecular complexity index is 662. The van der Waals surface area contributed by atoms with E-state index in [4.69, 9.17) is 11.6 Å². The van der Waals surface area contributed by atoms with Crippen LogP contribution in [0.25, 0.3) is 0 Å². The first-order chi connectivity index (χ1) is 9.90. The van der Waals surface area contributed by atoms with Crippen molar-refractivity contribution in [3.63, 3.8) is 0 Å². The molecular weight excluding hydrogens is 288 g/mol. The maximum Gasteiger partial charge on any atom is 0.340 e. The SMILES string of the molecule is Cc1ccccc1Cn1nc(CC(C)C)c(C(=O)O)c1Cl. The van der Waals surface area contributed by atoms with Gasteiger partial charge in [-0.05, 0) is 30.4 Å². The molecule has 0 atom stereocenters. The monoisotopic (exact) mass is 306 g/mol. The van der Waals surface area contributed by atoms with E-state index in [9.17, 15) is 9.90 Å². The lowest BCUT2D eigenvalue weighted by molar-refractivity contribution is 0.0695. The van der Waals surface area contributed by atoms with Gasteiger partial charge in [-0.2, -0.15) is 5.10 Å². The van der Waals surface area contributed by atoms with E-state index in [0.717, 1.165) is 11.1 Å². The summed E-state index contributed by atoms with van der Waals surface area (Å²) in [6, 6.07) is 7.93. The molecule has 0 aliphatic heterocycles. The molecule has 0 fully saturated rings. The van der Waals surface area contributed by atoms with Crippen LogP contribution in [0.5, 0.6) is 0 Å². The van der Waals surface area contributed by atoms with Crippen LogP contribution < -0.4 is 0 Å². The molecule has 2 rings (SSSR count). The number of carboxylic acid groups (broad SMARTS) is 1. The lowest BCUT2D eigenvalue weighted by Gasteiger charge is -2.06. The van der Waals surface area contributed by atoms with Crippen molar-refractivity contribution in [2.24, 2.45) is 5.92 Å². The number of aromatic nitrogens is 2. The van der Waals surface area contributed by atoms with Gasteiger partial charge in [0.1, 0.15) is 10.7 Å². The molecule has 4 nitrogen and oxygen atoms in total. The number of hydrogen-bond acceptors (Lipinski definition) is 2. The van der Waals surface area contributed by atoms with E-state index in [-0.39, 0.29) is 10.7 Å². The molecule has 0 radical (unpaired) electrons. The summed E-state index contributed by atoms with van der Waals surface area (Å²) in [7, 11) is 0. The standard InChI is InChI=1S/C16H19ClN2O2/c1-10(2)8-13-14(16(20)21)15(17)19(18-13)9-12-7-5-4-6-11(12)3/h4-7,10H,8-9H2,1-3H3,(H,20,21). The van der Waals surface area contributed by atoms with E-state index in [1.807, 2.05) is 45.0 Å². The smallest absolute Gasteiger partial charge is 0.340 e. The zero-order chi connectivity index (χ0) is 15.6. The molecule has 0 saturated heterocycles. The first kappa shape index (κ1) is 15.6.